The van der Waals surface area contributed by atoms with E-state index in [0.717, 1.165) is 42.3 Å². The molecule has 4 aromatic carbocycles. The zero-order valence-electron chi connectivity index (χ0n) is 28.2. The highest BCUT2D eigenvalue weighted by Crippen LogP contribution is 2.40. The summed E-state index contributed by atoms with van der Waals surface area (Å²) in [6.45, 7) is 8.06. The lowest BCUT2D eigenvalue weighted by Gasteiger charge is -2.43. The summed E-state index contributed by atoms with van der Waals surface area (Å²) in [7, 11) is 0. The Labute approximate surface area is 293 Å². The molecule has 260 valence electrons. The van der Waals surface area contributed by atoms with Gasteiger partial charge < -0.3 is 10.1 Å². The van der Waals surface area contributed by atoms with Crippen molar-refractivity contribution in [1.82, 2.24) is 15.1 Å². The van der Waals surface area contributed by atoms with E-state index in [1.807, 2.05) is 84.9 Å². The molecule has 1 unspecified atom stereocenters. The van der Waals surface area contributed by atoms with E-state index in [1.165, 1.54) is 12.5 Å². The predicted octanol–water partition coefficient (Wildman–Crippen LogP) is 8.74. The Balaban J connectivity index is 1.30. The molecule has 1 aliphatic heterocycles. The van der Waals surface area contributed by atoms with Crippen molar-refractivity contribution < 1.29 is 22.7 Å². The van der Waals surface area contributed by atoms with Gasteiger partial charge in [0.2, 0.25) is 5.91 Å². The molecule has 9 heteroatoms. The van der Waals surface area contributed by atoms with Crippen molar-refractivity contribution in [1.29, 1.82) is 0 Å². The van der Waals surface area contributed by atoms with Crippen LogP contribution in [0.25, 0.3) is 0 Å². The van der Waals surface area contributed by atoms with Gasteiger partial charge in [-0.15, -0.1) is 0 Å². The number of nitrogens with zero attached hydrogens (tertiary/aromatic N) is 2. The van der Waals surface area contributed by atoms with Crippen molar-refractivity contribution in [2.75, 3.05) is 32.8 Å². The molecule has 0 spiro atoms. The third-order valence-electron chi connectivity index (χ3n) is 9.59. The maximum Gasteiger partial charge on any atom is 0.417 e. The maximum absolute atomic E-state index is 13.8. The standard InChI is InChI=1S/C40H45ClF3N3O2/c1-3-46-23-12-20-34(46)28-45-37(48)27-30-14-10-21-35(26-30)49-25-13-24-47(29-31-15-11-22-36(38(31)41)40(42,43)44)39(2,32-16-6-4-7-17-32)33-18-8-5-9-19-33/h4-11,14-19,21-22,26,34H,3,12-13,20,23-25,27-29H2,1-2H3,(H,45,48). The highest BCUT2D eigenvalue weighted by Gasteiger charge is 2.38. The van der Waals surface area contributed by atoms with Crippen LogP contribution >= 0.6 is 11.6 Å². The Morgan fingerprint density at radius 3 is 2.29 bits per heavy atom. The smallest absolute Gasteiger partial charge is 0.417 e. The zero-order valence-corrected chi connectivity index (χ0v) is 28.9. The van der Waals surface area contributed by atoms with Gasteiger partial charge in [-0.2, -0.15) is 13.2 Å². The minimum atomic E-state index is -4.56. The lowest BCUT2D eigenvalue weighted by molar-refractivity contribution is -0.137. The molecule has 0 saturated carbocycles. The summed E-state index contributed by atoms with van der Waals surface area (Å²) in [5.41, 5.74) is 1.75. The largest absolute Gasteiger partial charge is 0.494 e. The molecule has 1 amide bonds. The van der Waals surface area contributed by atoms with Crippen LogP contribution in [0, 0.1) is 0 Å². The van der Waals surface area contributed by atoms with E-state index < -0.39 is 17.3 Å². The van der Waals surface area contributed by atoms with Crippen molar-refractivity contribution in [2.45, 2.75) is 63.8 Å². The molecule has 1 fully saturated rings. The number of likely N-dealkylation sites (N-methyl/N-ethyl adjacent to an activating group) is 1. The fraction of sp³-hybridized carbons (Fsp3) is 0.375. The minimum absolute atomic E-state index is 0.00916. The van der Waals surface area contributed by atoms with Gasteiger partial charge in [0.05, 0.1) is 29.2 Å². The van der Waals surface area contributed by atoms with E-state index in [0.29, 0.717) is 43.5 Å². The van der Waals surface area contributed by atoms with Crippen molar-refractivity contribution in [3.63, 3.8) is 0 Å². The van der Waals surface area contributed by atoms with Crippen LogP contribution in [-0.2, 0) is 29.5 Å². The molecule has 4 aromatic rings. The van der Waals surface area contributed by atoms with E-state index in [1.54, 1.807) is 6.07 Å². The highest BCUT2D eigenvalue weighted by atomic mass is 35.5. The van der Waals surface area contributed by atoms with Gasteiger partial charge >= 0.3 is 6.18 Å². The molecular weight excluding hydrogens is 647 g/mol. The second kappa shape index (κ2) is 16.7. The van der Waals surface area contributed by atoms with Gasteiger partial charge in [0, 0.05) is 25.7 Å². The Bertz CT molecular complexity index is 1610. The van der Waals surface area contributed by atoms with Gasteiger partial charge in [0.25, 0.3) is 0 Å². The zero-order chi connectivity index (χ0) is 34.9. The fourth-order valence-corrected chi connectivity index (χ4v) is 7.15. The topological polar surface area (TPSA) is 44.8 Å². The van der Waals surface area contributed by atoms with Crippen molar-refractivity contribution in [3.05, 3.63) is 136 Å². The van der Waals surface area contributed by atoms with Crippen LogP contribution in [0.3, 0.4) is 0 Å². The predicted molar refractivity (Wildman–Crippen MR) is 190 cm³/mol. The summed E-state index contributed by atoms with van der Waals surface area (Å²) < 4.78 is 47.7. The molecule has 1 N–H and O–H groups in total. The molecule has 1 aliphatic rings. The van der Waals surface area contributed by atoms with Crippen LogP contribution in [0.5, 0.6) is 5.75 Å². The number of halogens is 4. The highest BCUT2D eigenvalue weighted by molar-refractivity contribution is 6.32. The number of hydrogen-bond acceptors (Lipinski definition) is 4. The number of nitrogens with one attached hydrogen (secondary N) is 1. The first-order chi connectivity index (χ1) is 23.6. The maximum atomic E-state index is 13.8. The molecule has 1 saturated heterocycles. The second-order valence-corrected chi connectivity index (χ2v) is 13.1. The summed E-state index contributed by atoms with van der Waals surface area (Å²) >= 11 is 6.44. The number of rotatable bonds is 15. The monoisotopic (exact) mass is 691 g/mol. The van der Waals surface area contributed by atoms with Gasteiger partial charge in [-0.3, -0.25) is 14.6 Å². The fourth-order valence-electron chi connectivity index (χ4n) is 6.86. The molecular formula is C40H45ClF3N3O2. The molecule has 0 aliphatic carbocycles. The number of hydrogen-bond donors (Lipinski definition) is 1. The van der Waals surface area contributed by atoms with Crippen LogP contribution in [0.1, 0.15) is 60.9 Å². The van der Waals surface area contributed by atoms with Gasteiger partial charge in [-0.1, -0.05) is 103 Å². The Kier molecular flexibility index (Phi) is 12.4. The SMILES string of the molecule is CCN1CCCC1CNC(=O)Cc1cccc(OCCCN(Cc2cccc(C(F)(F)F)c2Cl)C(C)(c2ccccc2)c2ccccc2)c1. The third kappa shape index (κ3) is 9.24. The average molecular weight is 692 g/mol. The van der Waals surface area contributed by atoms with Crippen molar-refractivity contribution >= 4 is 17.5 Å². The molecule has 1 heterocycles. The van der Waals surface area contributed by atoms with Gasteiger partial charge in [-0.25, -0.2) is 0 Å². The second-order valence-electron chi connectivity index (χ2n) is 12.8. The third-order valence-corrected chi connectivity index (χ3v) is 10.0. The molecule has 1 atom stereocenters. The first kappa shape index (κ1) is 36.4. The lowest BCUT2D eigenvalue weighted by Crippen LogP contribution is -2.45. The number of amides is 1. The quantitative estimate of drug-likeness (QED) is 0.127. The molecule has 5 rings (SSSR count). The minimum Gasteiger partial charge on any atom is -0.494 e. The summed E-state index contributed by atoms with van der Waals surface area (Å²) in [4.78, 5) is 17.3. The van der Waals surface area contributed by atoms with E-state index in [-0.39, 0.29) is 23.9 Å². The first-order valence-corrected chi connectivity index (χ1v) is 17.4. The number of benzene rings is 4. The van der Waals surface area contributed by atoms with E-state index >= 15 is 0 Å². The van der Waals surface area contributed by atoms with Crippen molar-refractivity contribution in [3.8, 4) is 5.75 Å². The van der Waals surface area contributed by atoms with Gasteiger partial charge in [-0.05, 0) is 79.7 Å². The number of ether oxygens (including phenoxy) is 1. The molecule has 49 heavy (non-hydrogen) atoms. The summed E-state index contributed by atoms with van der Waals surface area (Å²) in [5.74, 6) is 0.657. The van der Waals surface area contributed by atoms with E-state index in [4.69, 9.17) is 16.3 Å². The normalized spacial score (nSPS) is 15.4. The van der Waals surface area contributed by atoms with Crippen LogP contribution in [0.4, 0.5) is 13.2 Å². The van der Waals surface area contributed by atoms with Gasteiger partial charge in [0.15, 0.2) is 0 Å². The molecule has 0 aromatic heterocycles. The number of likely N-dealkylation sites (tertiary alicyclic amines) is 1. The number of alkyl halides is 3. The molecule has 0 bridgehead atoms. The Morgan fingerprint density at radius 2 is 1.63 bits per heavy atom. The van der Waals surface area contributed by atoms with Gasteiger partial charge in [0.1, 0.15) is 5.75 Å². The Morgan fingerprint density at radius 1 is 0.959 bits per heavy atom. The first-order valence-electron chi connectivity index (χ1n) is 17.0. The lowest BCUT2D eigenvalue weighted by atomic mass is 9.82. The van der Waals surface area contributed by atoms with Crippen LogP contribution in [0.15, 0.2) is 103 Å². The van der Waals surface area contributed by atoms with E-state index in [9.17, 15) is 18.0 Å². The number of carbonyl (C=O) groups excluding carboxylic acids is 1. The summed E-state index contributed by atoms with van der Waals surface area (Å²) in [5, 5.41) is 2.81. The van der Waals surface area contributed by atoms with Crippen LogP contribution in [-0.4, -0.2) is 54.5 Å². The molecule has 5 nitrogen and oxygen atoms in total. The average Bonchev–Trinajstić information content (AvgIpc) is 3.57. The van der Waals surface area contributed by atoms with Crippen LogP contribution < -0.4 is 10.1 Å². The molecule has 0 radical (unpaired) electrons. The number of carbonyl (C=O) groups is 1. The van der Waals surface area contributed by atoms with Crippen LogP contribution in [0.2, 0.25) is 5.02 Å². The van der Waals surface area contributed by atoms with Crippen molar-refractivity contribution in [2.24, 2.45) is 0 Å². The Hall–Kier alpha value is -3.85. The summed E-state index contributed by atoms with van der Waals surface area (Å²) in [6, 6.07) is 32.0. The van der Waals surface area contributed by atoms with E-state index in [2.05, 4.69) is 29.0 Å². The summed E-state index contributed by atoms with van der Waals surface area (Å²) in [6.07, 6.45) is -1.42.